The number of hydrogen-bond acceptors (Lipinski definition) is 3. The second kappa shape index (κ2) is 12.0. The van der Waals surface area contributed by atoms with Gasteiger partial charge in [-0.05, 0) is 43.5 Å². The Morgan fingerprint density at radius 3 is 2.31 bits per heavy atom. The minimum absolute atomic E-state index is 0.0214. The lowest BCUT2D eigenvalue weighted by Gasteiger charge is -2.28. The summed E-state index contributed by atoms with van der Waals surface area (Å²) in [6.45, 7) is 6.90. The van der Waals surface area contributed by atoms with Crippen LogP contribution in [0.2, 0.25) is 0 Å². The number of benzene rings is 2. The number of hydrogen-bond donors (Lipinski definition) is 1. The Labute approximate surface area is 186 Å². The number of halogens is 1. The van der Waals surface area contributed by atoms with Crippen LogP contribution in [0.15, 0.2) is 53.0 Å². The minimum atomic E-state index is -0.511. The Kier molecular flexibility index (Phi) is 9.74. The highest BCUT2D eigenvalue weighted by atomic mass is 79.9. The summed E-state index contributed by atoms with van der Waals surface area (Å²) in [5.41, 5.74) is 3.37. The number of carbonyl (C=O) groups is 2. The van der Waals surface area contributed by atoms with Crippen LogP contribution in [0.3, 0.4) is 0 Å². The van der Waals surface area contributed by atoms with Crippen LogP contribution < -0.4 is 5.32 Å². The van der Waals surface area contributed by atoms with E-state index >= 15 is 0 Å². The molecule has 0 aliphatic carbocycles. The molecule has 1 atom stereocenters. The van der Waals surface area contributed by atoms with Crippen molar-refractivity contribution < 1.29 is 9.59 Å². The third-order valence-corrected chi connectivity index (χ3v) is 6.11. The topological polar surface area (TPSA) is 49.4 Å². The average molecular weight is 477 g/mol. The van der Waals surface area contributed by atoms with Gasteiger partial charge in [-0.25, -0.2) is 0 Å². The molecule has 2 rings (SSSR count). The van der Waals surface area contributed by atoms with Crippen LogP contribution in [-0.2, 0) is 21.9 Å². The predicted molar refractivity (Wildman–Crippen MR) is 125 cm³/mol. The van der Waals surface area contributed by atoms with Crippen LogP contribution in [0.25, 0.3) is 0 Å². The molecular formula is C23H29BrN2O2S. The molecule has 1 unspecified atom stereocenters. The van der Waals surface area contributed by atoms with E-state index < -0.39 is 6.04 Å². The van der Waals surface area contributed by atoms with E-state index in [4.69, 9.17) is 0 Å². The zero-order valence-corrected chi connectivity index (χ0v) is 19.7. The molecule has 0 aliphatic heterocycles. The van der Waals surface area contributed by atoms with Crippen LogP contribution >= 0.6 is 27.7 Å². The van der Waals surface area contributed by atoms with Crippen molar-refractivity contribution in [3.63, 3.8) is 0 Å². The van der Waals surface area contributed by atoms with Crippen molar-refractivity contribution in [2.24, 2.45) is 0 Å². The van der Waals surface area contributed by atoms with E-state index in [0.29, 0.717) is 18.8 Å². The van der Waals surface area contributed by atoms with Crippen LogP contribution in [0.1, 0.15) is 37.0 Å². The molecule has 2 aromatic carbocycles. The van der Waals surface area contributed by atoms with Crippen LogP contribution in [0, 0.1) is 6.92 Å². The molecule has 0 aliphatic rings. The Morgan fingerprint density at radius 1 is 1.07 bits per heavy atom. The molecular weight excluding hydrogens is 448 g/mol. The first-order valence-electron chi connectivity index (χ1n) is 9.85. The van der Waals surface area contributed by atoms with Gasteiger partial charge < -0.3 is 10.2 Å². The molecule has 0 saturated carbocycles. The lowest BCUT2D eigenvalue weighted by molar-refractivity contribution is -0.138. The number of amides is 2. The van der Waals surface area contributed by atoms with Crippen molar-refractivity contribution in [1.29, 1.82) is 0 Å². The number of aryl methyl sites for hydroxylation is 1. The summed E-state index contributed by atoms with van der Waals surface area (Å²) in [7, 11) is 0. The van der Waals surface area contributed by atoms with Crippen molar-refractivity contribution in [3.8, 4) is 0 Å². The monoisotopic (exact) mass is 476 g/mol. The molecule has 29 heavy (non-hydrogen) atoms. The molecule has 0 heterocycles. The molecule has 1 N–H and O–H groups in total. The molecule has 4 nitrogen and oxygen atoms in total. The summed E-state index contributed by atoms with van der Waals surface area (Å²) in [4.78, 5) is 27.2. The maximum absolute atomic E-state index is 13.0. The van der Waals surface area contributed by atoms with Crippen LogP contribution in [0.5, 0.6) is 0 Å². The Bertz CT molecular complexity index is 794. The van der Waals surface area contributed by atoms with Gasteiger partial charge in [-0.2, -0.15) is 0 Å². The third-order valence-electron chi connectivity index (χ3n) is 4.60. The summed E-state index contributed by atoms with van der Waals surface area (Å²) in [5.74, 6) is 0.971. The lowest BCUT2D eigenvalue weighted by atomic mass is 10.1. The van der Waals surface area contributed by atoms with Gasteiger partial charge in [0.05, 0.1) is 5.75 Å². The van der Waals surface area contributed by atoms with Crippen molar-refractivity contribution in [1.82, 2.24) is 10.2 Å². The molecule has 2 amide bonds. The van der Waals surface area contributed by atoms with Gasteiger partial charge in [0.1, 0.15) is 6.04 Å². The summed E-state index contributed by atoms with van der Waals surface area (Å²) in [5, 5.41) is 2.91. The standard InChI is InChI=1S/C23H29BrN2O2S/c1-4-13-25-23(28)18(3)26(14-19-7-5-17(2)6-8-19)22(27)16-29-15-20-9-11-21(24)12-10-20/h5-12,18H,4,13-16H2,1-3H3,(H,25,28). The van der Waals surface area contributed by atoms with Crippen LogP contribution in [0.4, 0.5) is 0 Å². The van der Waals surface area contributed by atoms with Gasteiger partial charge in [0.25, 0.3) is 0 Å². The average Bonchev–Trinajstić information content (AvgIpc) is 2.72. The molecule has 156 valence electrons. The number of carbonyl (C=O) groups excluding carboxylic acids is 2. The number of nitrogens with zero attached hydrogens (tertiary/aromatic N) is 1. The smallest absolute Gasteiger partial charge is 0.242 e. The largest absolute Gasteiger partial charge is 0.354 e. The molecule has 6 heteroatoms. The van der Waals surface area contributed by atoms with Gasteiger partial charge in [0.15, 0.2) is 0 Å². The van der Waals surface area contributed by atoms with Gasteiger partial charge in [0, 0.05) is 23.3 Å². The van der Waals surface area contributed by atoms with E-state index in [-0.39, 0.29) is 11.8 Å². The van der Waals surface area contributed by atoms with Gasteiger partial charge >= 0.3 is 0 Å². The van der Waals surface area contributed by atoms with Gasteiger partial charge in [0.2, 0.25) is 11.8 Å². The number of thioether (sulfide) groups is 1. The highest BCUT2D eigenvalue weighted by Crippen LogP contribution is 2.18. The summed E-state index contributed by atoms with van der Waals surface area (Å²) in [6.07, 6.45) is 0.868. The molecule has 0 fully saturated rings. The Hall–Kier alpha value is -1.79. The summed E-state index contributed by atoms with van der Waals surface area (Å²) in [6, 6.07) is 15.7. The fourth-order valence-electron chi connectivity index (χ4n) is 2.79. The van der Waals surface area contributed by atoms with E-state index in [1.54, 1.807) is 23.6 Å². The molecule has 0 aromatic heterocycles. The fourth-order valence-corrected chi connectivity index (χ4v) is 3.92. The maximum Gasteiger partial charge on any atom is 0.242 e. The van der Waals surface area contributed by atoms with E-state index in [2.05, 4.69) is 21.2 Å². The third kappa shape index (κ3) is 7.86. The second-order valence-corrected chi connectivity index (χ2v) is 8.99. The Morgan fingerprint density at radius 2 is 1.69 bits per heavy atom. The minimum Gasteiger partial charge on any atom is -0.354 e. The molecule has 0 radical (unpaired) electrons. The quantitative estimate of drug-likeness (QED) is 0.528. The second-order valence-electron chi connectivity index (χ2n) is 7.09. The van der Waals surface area contributed by atoms with E-state index in [0.717, 1.165) is 22.2 Å². The predicted octanol–water partition coefficient (Wildman–Crippen LogP) is 4.93. The number of rotatable bonds is 10. The molecule has 0 saturated heterocycles. The van der Waals surface area contributed by atoms with Gasteiger partial charge in [-0.1, -0.05) is 64.8 Å². The molecule has 2 aromatic rings. The zero-order valence-electron chi connectivity index (χ0n) is 17.3. The van der Waals surface area contributed by atoms with Gasteiger partial charge in [-0.3, -0.25) is 9.59 Å². The van der Waals surface area contributed by atoms with E-state index in [1.807, 2.05) is 62.4 Å². The van der Waals surface area contributed by atoms with Crippen molar-refractivity contribution in [2.75, 3.05) is 12.3 Å². The molecule has 0 bridgehead atoms. The lowest BCUT2D eigenvalue weighted by Crippen LogP contribution is -2.48. The first-order valence-corrected chi connectivity index (χ1v) is 11.8. The normalized spacial score (nSPS) is 11.7. The zero-order chi connectivity index (χ0) is 21.2. The van der Waals surface area contributed by atoms with Crippen molar-refractivity contribution >= 4 is 39.5 Å². The van der Waals surface area contributed by atoms with Crippen molar-refractivity contribution in [2.45, 2.75) is 45.5 Å². The highest BCUT2D eigenvalue weighted by molar-refractivity contribution is 9.10. The molecule has 0 spiro atoms. The Balaban J connectivity index is 2.03. The fraction of sp³-hybridized carbons (Fsp3) is 0.391. The highest BCUT2D eigenvalue weighted by Gasteiger charge is 2.25. The summed E-state index contributed by atoms with van der Waals surface area (Å²) < 4.78 is 1.04. The maximum atomic E-state index is 13.0. The van der Waals surface area contributed by atoms with E-state index in [9.17, 15) is 9.59 Å². The van der Waals surface area contributed by atoms with Crippen molar-refractivity contribution in [3.05, 3.63) is 69.7 Å². The first kappa shape index (κ1) is 23.5. The SMILES string of the molecule is CCCNC(=O)C(C)N(Cc1ccc(C)cc1)C(=O)CSCc1ccc(Br)cc1. The van der Waals surface area contributed by atoms with Crippen LogP contribution in [-0.4, -0.2) is 35.1 Å². The summed E-state index contributed by atoms with van der Waals surface area (Å²) >= 11 is 5.00. The number of nitrogens with one attached hydrogen (secondary N) is 1. The van der Waals surface area contributed by atoms with E-state index in [1.165, 1.54) is 11.1 Å². The van der Waals surface area contributed by atoms with Gasteiger partial charge in [-0.15, -0.1) is 11.8 Å². The first-order chi connectivity index (χ1) is 13.9.